The van der Waals surface area contributed by atoms with Gasteiger partial charge in [-0.15, -0.1) is 0 Å². The van der Waals surface area contributed by atoms with Crippen LogP contribution in [0.2, 0.25) is 5.02 Å². The molecule has 1 aromatic carbocycles. The molecule has 1 unspecified atom stereocenters. The molecule has 134 valence electrons. The Morgan fingerprint density at radius 2 is 2.27 bits per heavy atom. The monoisotopic (exact) mass is 374 g/mol. The molecule has 6 nitrogen and oxygen atoms in total. The molecule has 8 heteroatoms. The Hall–Kier alpha value is -2.51. The van der Waals surface area contributed by atoms with Crippen molar-refractivity contribution in [1.29, 1.82) is 0 Å². The number of fused-ring (bicyclic) bond motifs is 1. The molecule has 1 amide bonds. The Morgan fingerprint density at radius 1 is 1.42 bits per heavy atom. The number of nitrogens with one attached hydrogen (secondary N) is 1. The average Bonchev–Trinajstić information content (AvgIpc) is 3.21. The van der Waals surface area contributed by atoms with Crippen LogP contribution in [0, 0.1) is 12.7 Å². The highest BCUT2D eigenvalue weighted by atomic mass is 35.5. The summed E-state index contributed by atoms with van der Waals surface area (Å²) in [7, 11) is 0. The van der Waals surface area contributed by atoms with Crippen molar-refractivity contribution < 1.29 is 13.9 Å². The van der Waals surface area contributed by atoms with E-state index in [-0.39, 0.29) is 12.5 Å². The number of amides is 1. The third-order valence-electron chi connectivity index (χ3n) is 4.55. The second kappa shape index (κ2) is 6.34. The van der Waals surface area contributed by atoms with Crippen molar-refractivity contribution in [3.8, 4) is 0 Å². The molecular formula is C18H16ClFN4O2. The van der Waals surface area contributed by atoms with Crippen LogP contribution in [0.3, 0.4) is 0 Å². The topological polar surface area (TPSA) is 68.5 Å². The predicted molar refractivity (Wildman–Crippen MR) is 93.7 cm³/mol. The molecule has 0 spiro atoms. The molecule has 1 aliphatic heterocycles. The second-order valence-electron chi connectivity index (χ2n) is 6.42. The number of aromatic nitrogens is 3. The summed E-state index contributed by atoms with van der Waals surface area (Å²) in [6.07, 6.45) is 5.37. The smallest absolute Gasteiger partial charge is 0.257 e. The zero-order valence-corrected chi connectivity index (χ0v) is 14.8. The third-order valence-corrected chi connectivity index (χ3v) is 4.79. The third kappa shape index (κ3) is 2.83. The lowest BCUT2D eigenvalue weighted by Gasteiger charge is -2.29. The summed E-state index contributed by atoms with van der Waals surface area (Å²) >= 11 is 5.86. The van der Waals surface area contributed by atoms with E-state index in [2.05, 4.69) is 15.4 Å². The average molecular weight is 375 g/mol. The summed E-state index contributed by atoms with van der Waals surface area (Å²) in [5.41, 5.74) is 1.10. The molecule has 4 rings (SSSR count). The van der Waals surface area contributed by atoms with Gasteiger partial charge < -0.3 is 10.1 Å². The lowest BCUT2D eigenvalue weighted by atomic mass is 9.88. The largest absolute Gasteiger partial charge is 0.379 e. The van der Waals surface area contributed by atoms with Gasteiger partial charge in [-0.2, -0.15) is 5.10 Å². The second-order valence-corrected chi connectivity index (χ2v) is 6.86. The van der Waals surface area contributed by atoms with Gasteiger partial charge in [-0.25, -0.2) is 13.9 Å². The normalized spacial score (nSPS) is 19.8. The Balaban J connectivity index is 1.71. The van der Waals surface area contributed by atoms with Gasteiger partial charge in [-0.1, -0.05) is 17.7 Å². The molecular weight excluding hydrogens is 359 g/mol. The Morgan fingerprint density at radius 3 is 3.00 bits per heavy atom. The van der Waals surface area contributed by atoms with Crippen LogP contribution >= 0.6 is 11.6 Å². The number of hydrogen-bond acceptors (Lipinski definition) is 4. The fourth-order valence-corrected chi connectivity index (χ4v) is 3.39. The van der Waals surface area contributed by atoms with Gasteiger partial charge in [0.2, 0.25) is 0 Å². The van der Waals surface area contributed by atoms with Gasteiger partial charge in [0.25, 0.3) is 5.91 Å². The van der Waals surface area contributed by atoms with Gasteiger partial charge in [0, 0.05) is 36.0 Å². The first kappa shape index (κ1) is 16.9. The molecule has 3 heterocycles. The Bertz CT molecular complexity index is 998. The number of benzene rings is 1. The fraction of sp³-hybridized carbons (Fsp3) is 0.278. The molecule has 0 bridgehead atoms. The minimum Gasteiger partial charge on any atom is -0.379 e. The van der Waals surface area contributed by atoms with E-state index in [9.17, 15) is 9.18 Å². The van der Waals surface area contributed by atoms with E-state index in [1.807, 2.05) is 6.92 Å². The molecule has 1 N–H and O–H groups in total. The van der Waals surface area contributed by atoms with Gasteiger partial charge in [0.15, 0.2) is 5.65 Å². The van der Waals surface area contributed by atoms with E-state index in [0.717, 1.165) is 5.56 Å². The summed E-state index contributed by atoms with van der Waals surface area (Å²) < 4.78 is 21.5. The summed E-state index contributed by atoms with van der Waals surface area (Å²) in [5, 5.41) is 7.41. The van der Waals surface area contributed by atoms with E-state index in [0.29, 0.717) is 34.8 Å². The Kier molecular flexibility index (Phi) is 4.13. The van der Waals surface area contributed by atoms with Crippen LogP contribution in [-0.2, 0) is 10.3 Å². The van der Waals surface area contributed by atoms with E-state index in [4.69, 9.17) is 16.3 Å². The molecule has 26 heavy (non-hydrogen) atoms. The molecule has 3 aromatic rings. The van der Waals surface area contributed by atoms with Crippen molar-refractivity contribution in [2.75, 3.05) is 13.2 Å². The zero-order valence-electron chi connectivity index (χ0n) is 14.0. The van der Waals surface area contributed by atoms with E-state index in [1.165, 1.54) is 12.3 Å². The highest BCUT2D eigenvalue weighted by Gasteiger charge is 2.41. The van der Waals surface area contributed by atoms with Crippen molar-refractivity contribution in [3.63, 3.8) is 0 Å². The first-order chi connectivity index (χ1) is 12.5. The first-order valence-electron chi connectivity index (χ1n) is 8.14. The van der Waals surface area contributed by atoms with Crippen LogP contribution in [0.25, 0.3) is 5.65 Å². The lowest BCUT2D eigenvalue weighted by Crippen LogP contribution is -2.47. The van der Waals surface area contributed by atoms with Crippen LogP contribution < -0.4 is 5.32 Å². The van der Waals surface area contributed by atoms with Crippen molar-refractivity contribution in [2.45, 2.75) is 18.9 Å². The number of halogens is 2. The van der Waals surface area contributed by atoms with Crippen molar-refractivity contribution in [3.05, 3.63) is 64.3 Å². The zero-order chi connectivity index (χ0) is 18.3. The van der Waals surface area contributed by atoms with Gasteiger partial charge in [0.1, 0.15) is 11.4 Å². The van der Waals surface area contributed by atoms with Gasteiger partial charge in [-0.3, -0.25) is 4.79 Å². The quantitative estimate of drug-likeness (QED) is 0.765. The van der Waals surface area contributed by atoms with Gasteiger partial charge in [-0.05, 0) is 24.6 Å². The summed E-state index contributed by atoms with van der Waals surface area (Å²) in [5.74, 6) is -0.854. The van der Waals surface area contributed by atoms with Crippen LogP contribution in [0.5, 0.6) is 0 Å². The van der Waals surface area contributed by atoms with Crippen LogP contribution in [0.4, 0.5) is 4.39 Å². The van der Waals surface area contributed by atoms with Crippen LogP contribution in [-0.4, -0.2) is 33.7 Å². The molecule has 0 radical (unpaired) electrons. The molecule has 2 aromatic heterocycles. The standard InChI is InChI=1S/C18H16ClFN4O2/c1-11-7-21-16-13(8-22-24(16)9-11)17(25)23-18(4-5-26-10-18)14-3-2-12(19)6-15(14)20/h2-3,6-9H,4-5,10H2,1H3,(H,23,25). The molecule has 1 atom stereocenters. The number of carbonyl (C=O) groups excluding carboxylic acids is 1. The van der Waals surface area contributed by atoms with Crippen LogP contribution in [0.1, 0.15) is 27.9 Å². The van der Waals surface area contributed by atoms with E-state index >= 15 is 0 Å². The Labute approximate surface area is 153 Å². The van der Waals surface area contributed by atoms with Crippen molar-refractivity contribution in [1.82, 2.24) is 19.9 Å². The van der Waals surface area contributed by atoms with Gasteiger partial charge in [0.05, 0.1) is 18.3 Å². The maximum atomic E-state index is 14.5. The molecule has 1 aliphatic rings. The number of carbonyl (C=O) groups is 1. The van der Waals surface area contributed by atoms with Gasteiger partial charge >= 0.3 is 0 Å². The molecule has 0 aliphatic carbocycles. The van der Waals surface area contributed by atoms with Crippen molar-refractivity contribution in [2.24, 2.45) is 0 Å². The summed E-state index contributed by atoms with van der Waals surface area (Å²) in [4.78, 5) is 17.2. The van der Waals surface area contributed by atoms with E-state index in [1.54, 1.807) is 29.0 Å². The number of ether oxygens (including phenoxy) is 1. The maximum Gasteiger partial charge on any atom is 0.257 e. The van der Waals surface area contributed by atoms with E-state index < -0.39 is 11.4 Å². The highest BCUT2D eigenvalue weighted by Crippen LogP contribution is 2.34. The lowest BCUT2D eigenvalue weighted by molar-refractivity contribution is 0.0875. The predicted octanol–water partition coefficient (Wildman–Crippen LogP) is 2.88. The minimum atomic E-state index is -0.954. The summed E-state index contributed by atoms with van der Waals surface area (Å²) in [6, 6.07) is 4.43. The SMILES string of the molecule is Cc1cnc2c(C(=O)NC3(c4ccc(Cl)cc4F)CCOC3)cnn2c1. The molecule has 1 fully saturated rings. The number of rotatable bonds is 3. The number of nitrogens with zero attached hydrogens (tertiary/aromatic N) is 3. The van der Waals surface area contributed by atoms with Crippen molar-refractivity contribution >= 4 is 23.2 Å². The number of aryl methyl sites for hydroxylation is 1. The maximum absolute atomic E-state index is 14.5. The minimum absolute atomic E-state index is 0.184. The number of hydrogen-bond donors (Lipinski definition) is 1. The fourth-order valence-electron chi connectivity index (χ4n) is 3.23. The van der Waals surface area contributed by atoms with Crippen LogP contribution in [0.15, 0.2) is 36.8 Å². The highest BCUT2D eigenvalue weighted by molar-refractivity contribution is 6.30. The molecule has 0 saturated carbocycles. The summed E-state index contributed by atoms with van der Waals surface area (Å²) in [6.45, 7) is 2.50. The first-order valence-corrected chi connectivity index (χ1v) is 8.52. The molecule has 1 saturated heterocycles.